The molecule has 2 rings (SSSR count). The number of nitrogens with one attached hydrogen (secondary N) is 1. The molecule has 1 aromatic rings. The van der Waals surface area contributed by atoms with E-state index in [1.54, 1.807) is 6.33 Å². The van der Waals surface area contributed by atoms with Gasteiger partial charge in [-0.3, -0.25) is 4.99 Å². The minimum atomic E-state index is 0. The van der Waals surface area contributed by atoms with E-state index in [9.17, 15) is 0 Å². The molecule has 1 N–H and O–H groups in total. The summed E-state index contributed by atoms with van der Waals surface area (Å²) in [5.74, 6) is 1.83. The van der Waals surface area contributed by atoms with Crippen LogP contribution in [-0.4, -0.2) is 44.8 Å². The Bertz CT molecular complexity index is 491. The summed E-state index contributed by atoms with van der Waals surface area (Å²) in [5.41, 5.74) is 0.407. The van der Waals surface area contributed by atoms with Crippen LogP contribution in [0.5, 0.6) is 0 Å². The topological polar surface area (TPSA) is 58.3 Å². The summed E-state index contributed by atoms with van der Waals surface area (Å²) in [4.78, 5) is 6.68. The number of aromatic nitrogens is 3. The second-order valence-corrected chi connectivity index (χ2v) is 6.29. The van der Waals surface area contributed by atoms with Crippen molar-refractivity contribution < 1.29 is 0 Å². The molecule has 0 atom stereocenters. The van der Waals surface area contributed by atoms with E-state index in [0.717, 1.165) is 18.3 Å². The minimum absolute atomic E-state index is 0. The predicted molar refractivity (Wildman–Crippen MR) is 91.2 cm³/mol. The number of rotatable bonds is 2. The number of hydrogen-bond donors (Lipinski definition) is 1. The Labute approximate surface area is 138 Å². The van der Waals surface area contributed by atoms with Crippen LogP contribution in [0.4, 0.5) is 0 Å². The third-order valence-electron chi connectivity index (χ3n) is 4.56. The van der Waals surface area contributed by atoms with E-state index >= 15 is 0 Å². The number of halogens is 1. The van der Waals surface area contributed by atoms with Gasteiger partial charge in [-0.1, -0.05) is 13.8 Å². The number of guanidine groups is 1. The summed E-state index contributed by atoms with van der Waals surface area (Å²) < 4.78 is 1.91. The molecule has 2 heterocycles. The van der Waals surface area contributed by atoms with Gasteiger partial charge in [0, 0.05) is 31.6 Å². The third kappa shape index (κ3) is 2.77. The van der Waals surface area contributed by atoms with E-state index in [-0.39, 0.29) is 29.5 Å². The summed E-state index contributed by atoms with van der Waals surface area (Å²) in [6.45, 7) is 10.7. The molecule has 20 heavy (non-hydrogen) atoms. The van der Waals surface area contributed by atoms with Crippen molar-refractivity contribution >= 4 is 29.9 Å². The molecule has 0 aliphatic carbocycles. The fraction of sp³-hybridized carbons (Fsp3) is 0.769. The Morgan fingerprint density at radius 1 is 1.40 bits per heavy atom. The molecular formula is C13H25IN6. The number of hydrogen-bond acceptors (Lipinski definition) is 3. The molecule has 1 saturated heterocycles. The van der Waals surface area contributed by atoms with Crippen LogP contribution in [-0.2, 0) is 13.6 Å². The highest BCUT2D eigenvalue weighted by Crippen LogP contribution is 2.46. The zero-order valence-electron chi connectivity index (χ0n) is 13.1. The lowest BCUT2D eigenvalue weighted by molar-refractivity contribution is -0.0668. The maximum atomic E-state index is 4.37. The highest BCUT2D eigenvalue weighted by atomic mass is 127. The predicted octanol–water partition coefficient (Wildman–Crippen LogP) is 1.63. The summed E-state index contributed by atoms with van der Waals surface area (Å²) in [6.07, 6.45) is 1.70. The Morgan fingerprint density at radius 2 is 2.05 bits per heavy atom. The minimum Gasteiger partial charge on any atom is -0.349 e. The molecule has 0 aromatic carbocycles. The molecule has 0 unspecified atom stereocenters. The first-order chi connectivity index (χ1) is 8.79. The molecular weight excluding hydrogens is 367 g/mol. The molecule has 0 amide bonds. The lowest BCUT2D eigenvalue weighted by atomic mass is 9.65. The molecule has 1 aliphatic rings. The number of aryl methyl sites for hydroxylation is 1. The molecule has 0 bridgehead atoms. The zero-order chi connectivity index (χ0) is 14.3. The maximum Gasteiger partial charge on any atom is 0.194 e. The summed E-state index contributed by atoms with van der Waals surface area (Å²) >= 11 is 0. The zero-order valence-corrected chi connectivity index (χ0v) is 15.5. The van der Waals surface area contributed by atoms with E-state index in [2.05, 4.69) is 53.1 Å². The van der Waals surface area contributed by atoms with Crippen molar-refractivity contribution in [1.82, 2.24) is 25.0 Å². The molecule has 0 spiro atoms. The van der Waals surface area contributed by atoms with E-state index in [0.29, 0.717) is 12.0 Å². The monoisotopic (exact) mass is 392 g/mol. The SMILES string of the molecule is CN=C(NCc1nncn1C)N1CC(C)(C)C1(C)C.I. The molecule has 1 fully saturated rings. The first-order valence-electron chi connectivity index (χ1n) is 6.61. The normalized spacial score (nSPS) is 20.1. The Morgan fingerprint density at radius 3 is 2.45 bits per heavy atom. The fourth-order valence-corrected chi connectivity index (χ4v) is 2.32. The Kier molecular flexibility index (Phi) is 5.04. The van der Waals surface area contributed by atoms with Crippen LogP contribution in [0.1, 0.15) is 33.5 Å². The first kappa shape index (κ1) is 17.2. The van der Waals surface area contributed by atoms with Gasteiger partial charge in [-0.15, -0.1) is 34.2 Å². The van der Waals surface area contributed by atoms with Crippen molar-refractivity contribution in [2.24, 2.45) is 17.5 Å². The van der Waals surface area contributed by atoms with Crippen LogP contribution in [0.3, 0.4) is 0 Å². The third-order valence-corrected chi connectivity index (χ3v) is 4.56. The van der Waals surface area contributed by atoms with Crippen LogP contribution in [0.2, 0.25) is 0 Å². The van der Waals surface area contributed by atoms with Crippen LogP contribution in [0.25, 0.3) is 0 Å². The van der Waals surface area contributed by atoms with Gasteiger partial charge in [-0.05, 0) is 13.8 Å². The molecule has 0 saturated carbocycles. The van der Waals surface area contributed by atoms with E-state index < -0.39 is 0 Å². The van der Waals surface area contributed by atoms with E-state index in [1.165, 1.54) is 0 Å². The quantitative estimate of drug-likeness (QED) is 0.472. The first-order valence-corrected chi connectivity index (χ1v) is 6.61. The molecule has 0 radical (unpaired) electrons. The Balaban J connectivity index is 0.00000200. The van der Waals surface area contributed by atoms with E-state index in [4.69, 9.17) is 0 Å². The standard InChI is InChI=1S/C13H24N6.HI/c1-12(2)8-19(13(12,3)4)11(14-5)15-7-10-17-16-9-18(10)6;/h9H,7-8H2,1-6H3,(H,14,15);1H. The van der Waals surface area contributed by atoms with Crippen molar-refractivity contribution in [1.29, 1.82) is 0 Å². The van der Waals surface area contributed by atoms with Gasteiger partial charge in [-0.2, -0.15) is 0 Å². The maximum absolute atomic E-state index is 4.37. The van der Waals surface area contributed by atoms with Gasteiger partial charge in [0.15, 0.2) is 11.8 Å². The van der Waals surface area contributed by atoms with E-state index in [1.807, 2.05) is 18.7 Å². The summed E-state index contributed by atoms with van der Waals surface area (Å²) in [6, 6.07) is 0. The van der Waals surface area contributed by atoms with Crippen molar-refractivity contribution in [3.8, 4) is 0 Å². The second kappa shape index (κ2) is 5.87. The van der Waals surface area contributed by atoms with Crippen LogP contribution < -0.4 is 5.32 Å². The van der Waals surface area contributed by atoms with Crippen molar-refractivity contribution in [3.05, 3.63) is 12.2 Å². The summed E-state index contributed by atoms with van der Waals surface area (Å²) in [7, 11) is 3.76. The number of likely N-dealkylation sites (tertiary alicyclic amines) is 1. The molecule has 1 aliphatic heterocycles. The number of nitrogens with zero attached hydrogens (tertiary/aromatic N) is 5. The van der Waals surface area contributed by atoms with Gasteiger partial charge >= 0.3 is 0 Å². The van der Waals surface area contributed by atoms with Crippen LogP contribution >= 0.6 is 24.0 Å². The lowest BCUT2D eigenvalue weighted by Crippen LogP contribution is -2.72. The average molecular weight is 392 g/mol. The van der Waals surface area contributed by atoms with Gasteiger partial charge < -0.3 is 14.8 Å². The van der Waals surface area contributed by atoms with Gasteiger partial charge in [0.1, 0.15) is 6.33 Å². The van der Waals surface area contributed by atoms with Gasteiger partial charge in [0.25, 0.3) is 0 Å². The second-order valence-electron chi connectivity index (χ2n) is 6.29. The highest BCUT2D eigenvalue weighted by Gasteiger charge is 2.53. The van der Waals surface area contributed by atoms with Crippen molar-refractivity contribution in [2.45, 2.75) is 39.8 Å². The molecule has 7 heteroatoms. The summed E-state index contributed by atoms with van der Waals surface area (Å²) in [5, 5.41) is 11.3. The lowest BCUT2D eigenvalue weighted by Gasteiger charge is -2.62. The van der Waals surface area contributed by atoms with Crippen LogP contribution in [0, 0.1) is 5.41 Å². The smallest absolute Gasteiger partial charge is 0.194 e. The molecule has 114 valence electrons. The highest BCUT2D eigenvalue weighted by molar-refractivity contribution is 14.0. The van der Waals surface area contributed by atoms with Crippen LogP contribution in [0.15, 0.2) is 11.3 Å². The Hall–Kier alpha value is -0.860. The number of aliphatic imine (C=N–C) groups is 1. The van der Waals surface area contributed by atoms with Crippen molar-refractivity contribution in [2.75, 3.05) is 13.6 Å². The average Bonchev–Trinajstić information content (AvgIpc) is 2.74. The fourth-order valence-electron chi connectivity index (χ4n) is 2.32. The van der Waals surface area contributed by atoms with Gasteiger partial charge in [0.05, 0.1) is 6.54 Å². The molecule has 6 nitrogen and oxygen atoms in total. The van der Waals surface area contributed by atoms with Crippen molar-refractivity contribution in [3.63, 3.8) is 0 Å². The molecule has 1 aromatic heterocycles. The largest absolute Gasteiger partial charge is 0.349 e. The van der Waals surface area contributed by atoms with Gasteiger partial charge in [-0.25, -0.2) is 0 Å². The van der Waals surface area contributed by atoms with Gasteiger partial charge in [0.2, 0.25) is 0 Å².